The molecule has 0 aliphatic carbocycles. The summed E-state index contributed by atoms with van der Waals surface area (Å²) in [5, 5.41) is 9.77. The molecule has 2 aromatic heterocycles. The fraction of sp³-hybridized carbons (Fsp3) is 0.125. The first kappa shape index (κ1) is 6.37. The van der Waals surface area contributed by atoms with Crippen LogP contribution in [0.4, 0.5) is 0 Å². The van der Waals surface area contributed by atoms with Crippen molar-refractivity contribution in [3.05, 3.63) is 30.2 Å². The Morgan fingerprint density at radius 3 is 3.18 bits per heavy atom. The normalized spacial score (nSPS) is 10.6. The second-order valence-corrected chi connectivity index (χ2v) is 2.27. The molecule has 11 heavy (non-hydrogen) atoms. The van der Waals surface area contributed by atoms with Crippen LogP contribution in [0.25, 0.3) is 11.1 Å². The highest BCUT2D eigenvalue weighted by molar-refractivity contribution is 5.76. The largest absolute Gasteiger partial charge is 0.446 e. The Balaban J connectivity index is 2.79. The summed E-state index contributed by atoms with van der Waals surface area (Å²) < 4.78 is 5.04. The minimum Gasteiger partial charge on any atom is -0.446 e. The van der Waals surface area contributed by atoms with Gasteiger partial charge in [-0.1, -0.05) is 0 Å². The fourth-order valence-corrected chi connectivity index (χ4v) is 1.07. The van der Waals surface area contributed by atoms with Crippen molar-refractivity contribution in [2.45, 2.75) is 6.61 Å². The molecule has 0 atom stereocenters. The molecule has 0 bridgehead atoms. The van der Waals surface area contributed by atoms with Gasteiger partial charge in [0.25, 0.3) is 0 Å². The first-order chi connectivity index (χ1) is 5.42. The van der Waals surface area contributed by atoms with Crippen LogP contribution in [0, 0.1) is 0 Å². The van der Waals surface area contributed by atoms with Crippen LogP contribution in [0.5, 0.6) is 0 Å². The molecular weight excluding hydrogens is 142 g/mol. The van der Waals surface area contributed by atoms with E-state index in [9.17, 15) is 0 Å². The van der Waals surface area contributed by atoms with Gasteiger partial charge in [-0.3, -0.25) is 0 Å². The van der Waals surface area contributed by atoms with Crippen molar-refractivity contribution in [2.24, 2.45) is 0 Å². The Morgan fingerprint density at radius 1 is 1.45 bits per heavy atom. The highest BCUT2D eigenvalue weighted by Crippen LogP contribution is 2.16. The number of aliphatic hydroxyl groups is 1. The average molecular weight is 149 g/mol. The van der Waals surface area contributed by atoms with Crippen molar-refractivity contribution in [1.29, 1.82) is 0 Å². The van der Waals surface area contributed by atoms with Gasteiger partial charge in [-0.25, -0.2) is 4.98 Å². The smallest absolute Gasteiger partial charge is 0.226 e. The Bertz CT molecular complexity index is 367. The molecule has 0 unspecified atom stereocenters. The molecule has 0 fully saturated rings. The van der Waals surface area contributed by atoms with Gasteiger partial charge in [-0.05, 0) is 17.7 Å². The molecule has 0 radical (unpaired) electrons. The Labute approximate surface area is 63.3 Å². The van der Waals surface area contributed by atoms with E-state index in [1.165, 1.54) is 0 Å². The highest BCUT2D eigenvalue weighted by Gasteiger charge is 2.01. The maximum Gasteiger partial charge on any atom is 0.226 e. The van der Waals surface area contributed by atoms with Crippen LogP contribution in [-0.2, 0) is 6.61 Å². The third-order valence-corrected chi connectivity index (χ3v) is 1.63. The lowest BCUT2D eigenvalue weighted by molar-refractivity contribution is 0.283. The lowest BCUT2D eigenvalue weighted by Crippen LogP contribution is -1.83. The van der Waals surface area contributed by atoms with Crippen LogP contribution >= 0.6 is 0 Å². The summed E-state index contributed by atoms with van der Waals surface area (Å²) in [5.41, 5.74) is 1.43. The standard InChI is InChI=1S/C8H7NO2/c10-5-6-1-3-9-8-7(6)2-4-11-8/h1-4,10H,5H2. The summed E-state index contributed by atoms with van der Waals surface area (Å²) in [5.74, 6) is 0. The van der Waals surface area contributed by atoms with Crippen LogP contribution in [-0.4, -0.2) is 10.1 Å². The number of furan rings is 1. The molecular formula is C8H7NO2. The summed E-state index contributed by atoms with van der Waals surface area (Å²) in [6, 6.07) is 3.58. The van der Waals surface area contributed by atoms with Crippen molar-refractivity contribution in [1.82, 2.24) is 4.98 Å². The molecule has 2 heterocycles. The summed E-state index contributed by atoms with van der Waals surface area (Å²) in [6.07, 6.45) is 3.19. The second kappa shape index (κ2) is 2.36. The Morgan fingerprint density at radius 2 is 2.36 bits per heavy atom. The summed E-state index contributed by atoms with van der Waals surface area (Å²) in [7, 11) is 0. The molecule has 1 N–H and O–H groups in total. The minimum absolute atomic E-state index is 0.0263. The van der Waals surface area contributed by atoms with E-state index in [0.717, 1.165) is 10.9 Å². The average Bonchev–Trinajstić information content (AvgIpc) is 2.50. The lowest BCUT2D eigenvalue weighted by Gasteiger charge is -1.94. The van der Waals surface area contributed by atoms with Crippen LogP contribution in [0.3, 0.4) is 0 Å². The monoisotopic (exact) mass is 149 g/mol. The predicted octanol–water partition coefficient (Wildman–Crippen LogP) is 1.32. The van der Waals surface area contributed by atoms with Gasteiger partial charge in [0.15, 0.2) is 0 Å². The number of pyridine rings is 1. The molecule has 56 valence electrons. The summed E-state index contributed by atoms with van der Waals surface area (Å²) >= 11 is 0. The van der Waals surface area contributed by atoms with Crippen molar-refractivity contribution < 1.29 is 9.52 Å². The summed E-state index contributed by atoms with van der Waals surface area (Å²) in [6.45, 7) is 0.0263. The van der Waals surface area contributed by atoms with Gasteiger partial charge >= 0.3 is 0 Å². The van der Waals surface area contributed by atoms with Gasteiger partial charge < -0.3 is 9.52 Å². The van der Waals surface area contributed by atoms with Crippen molar-refractivity contribution in [2.75, 3.05) is 0 Å². The number of aromatic nitrogens is 1. The molecule has 0 saturated carbocycles. The lowest BCUT2D eigenvalue weighted by atomic mass is 10.2. The molecule has 2 rings (SSSR count). The van der Waals surface area contributed by atoms with E-state index >= 15 is 0 Å². The number of nitrogens with zero attached hydrogens (tertiary/aromatic N) is 1. The molecule has 2 aromatic rings. The zero-order chi connectivity index (χ0) is 7.68. The highest BCUT2D eigenvalue weighted by atomic mass is 16.3. The molecule has 0 aromatic carbocycles. The Kier molecular flexibility index (Phi) is 1.36. The first-order valence-electron chi connectivity index (χ1n) is 3.34. The van der Waals surface area contributed by atoms with E-state index in [2.05, 4.69) is 4.98 Å². The molecule has 0 aliphatic heterocycles. The molecule has 0 amide bonds. The predicted molar refractivity (Wildman–Crippen MR) is 39.9 cm³/mol. The fourth-order valence-electron chi connectivity index (χ4n) is 1.07. The number of fused-ring (bicyclic) bond motifs is 1. The van der Waals surface area contributed by atoms with Crippen LogP contribution in [0.15, 0.2) is 29.0 Å². The topological polar surface area (TPSA) is 46.3 Å². The molecule has 3 heteroatoms. The third-order valence-electron chi connectivity index (χ3n) is 1.63. The number of hydrogen-bond donors (Lipinski definition) is 1. The van der Waals surface area contributed by atoms with Gasteiger partial charge in [0.2, 0.25) is 5.71 Å². The van der Waals surface area contributed by atoms with E-state index in [-0.39, 0.29) is 6.61 Å². The van der Waals surface area contributed by atoms with E-state index in [4.69, 9.17) is 9.52 Å². The number of rotatable bonds is 1. The minimum atomic E-state index is 0.0263. The Hall–Kier alpha value is -1.35. The van der Waals surface area contributed by atoms with Crippen molar-refractivity contribution >= 4 is 11.1 Å². The summed E-state index contributed by atoms with van der Waals surface area (Å²) in [4.78, 5) is 3.97. The molecule has 0 saturated heterocycles. The van der Waals surface area contributed by atoms with Gasteiger partial charge in [-0.2, -0.15) is 0 Å². The van der Waals surface area contributed by atoms with Gasteiger partial charge in [0, 0.05) is 11.6 Å². The second-order valence-electron chi connectivity index (χ2n) is 2.27. The van der Waals surface area contributed by atoms with Gasteiger partial charge in [0.1, 0.15) is 0 Å². The zero-order valence-corrected chi connectivity index (χ0v) is 5.82. The van der Waals surface area contributed by atoms with Gasteiger partial charge in [-0.15, -0.1) is 0 Å². The maximum absolute atomic E-state index is 8.88. The van der Waals surface area contributed by atoms with Gasteiger partial charge in [0.05, 0.1) is 12.9 Å². The maximum atomic E-state index is 8.88. The van der Waals surface area contributed by atoms with E-state index < -0.39 is 0 Å². The van der Waals surface area contributed by atoms with Crippen LogP contribution in [0.1, 0.15) is 5.56 Å². The number of aliphatic hydroxyl groups excluding tert-OH is 1. The SMILES string of the molecule is OCc1ccnc2occc12. The first-order valence-corrected chi connectivity index (χ1v) is 3.34. The van der Waals surface area contributed by atoms with E-state index in [1.54, 1.807) is 24.6 Å². The third kappa shape index (κ3) is 0.897. The van der Waals surface area contributed by atoms with E-state index in [0.29, 0.717) is 5.71 Å². The van der Waals surface area contributed by atoms with Crippen molar-refractivity contribution in [3.8, 4) is 0 Å². The van der Waals surface area contributed by atoms with Crippen LogP contribution in [0.2, 0.25) is 0 Å². The zero-order valence-electron chi connectivity index (χ0n) is 5.82. The number of hydrogen-bond acceptors (Lipinski definition) is 3. The molecule has 0 spiro atoms. The van der Waals surface area contributed by atoms with Crippen LogP contribution < -0.4 is 0 Å². The van der Waals surface area contributed by atoms with E-state index in [1.807, 2.05) is 0 Å². The van der Waals surface area contributed by atoms with Crippen molar-refractivity contribution in [3.63, 3.8) is 0 Å². The quantitative estimate of drug-likeness (QED) is 0.665. The molecule has 3 nitrogen and oxygen atoms in total. The molecule has 0 aliphatic rings.